The minimum atomic E-state index is -3.50. The summed E-state index contributed by atoms with van der Waals surface area (Å²) in [6.07, 6.45) is 5.07. The number of halogens is 4. The highest BCUT2D eigenvalue weighted by Gasteiger charge is 2.35. The molecule has 4 aromatic rings. The van der Waals surface area contributed by atoms with E-state index in [9.17, 15) is 27.2 Å². The molecule has 0 radical (unpaired) electrons. The summed E-state index contributed by atoms with van der Waals surface area (Å²) < 4.78 is 78.1. The molecule has 0 atom stereocenters. The van der Waals surface area contributed by atoms with Crippen molar-refractivity contribution in [3.05, 3.63) is 131 Å². The third kappa shape index (κ3) is 16.4. The highest BCUT2D eigenvalue weighted by molar-refractivity contribution is 5.85. The summed E-state index contributed by atoms with van der Waals surface area (Å²) in [6, 6.07) is 22.6. The zero-order valence-electron chi connectivity index (χ0n) is 30.8. The first-order valence-corrected chi connectivity index (χ1v) is 17.9. The third-order valence-corrected chi connectivity index (χ3v) is 7.75. The summed E-state index contributed by atoms with van der Waals surface area (Å²) in [5, 5.41) is 17.2. The average molecular weight is 767 g/mol. The van der Waals surface area contributed by atoms with Gasteiger partial charge in [-0.2, -0.15) is 17.6 Å². The molecule has 0 heterocycles. The molecule has 12 heteroatoms. The predicted molar refractivity (Wildman–Crippen MR) is 203 cm³/mol. The Hall–Kier alpha value is -5.78. The zero-order valence-corrected chi connectivity index (χ0v) is 30.8. The Kier molecular flexibility index (Phi) is 17.8. The van der Waals surface area contributed by atoms with Crippen LogP contribution in [0.2, 0.25) is 0 Å². The number of benzene rings is 4. The number of aliphatic carboxylic acids is 2. The van der Waals surface area contributed by atoms with Crippen molar-refractivity contribution < 1.29 is 56.3 Å². The van der Waals surface area contributed by atoms with Crippen LogP contribution >= 0.6 is 0 Å². The second-order valence-electron chi connectivity index (χ2n) is 12.2. The van der Waals surface area contributed by atoms with Gasteiger partial charge in [-0.05, 0) is 109 Å². The molecule has 0 fully saturated rings. The molecule has 0 spiro atoms. The Balaban J connectivity index is 0.000000296. The fourth-order valence-electron chi connectivity index (χ4n) is 4.79. The maximum atomic E-state index is 14.4. The molecule has 4 rings (SSSR count). The summed E-state index contributed by atoms with van der Waals surface area (Å²) in [7, 11) is 0. The molecule has 0 aliphatic rings. The van der Waals surface area contributed by atoms with E-state index in [2.05, 4.69) is 13.8 Å². The van der Waals surface area contributed by atoms with Crippen LogP contribution in [-0.4, -0.2) is 35.4 Å². The van der Waals surface area contributed by atoms with Crippen molar-refractivity contribution in [3.63, 3.8) is 0 Å². The number of ether oxygens (including phenoxy) is 4. The van der Waals surface area contributed by atoms with Crippen molar-refractivity contribution in [2.24, 2.45) is 0 Å². The van der Waals surface area contributed by atoms with Crippen molar-refractivity contribution in [2.75, 3.05) is 13.2 Å². The van der Waals surface area contributed by atoms with E-state index in [1.165, 1.54) is 109 Å². The van der Waals surface area contributed by atoms with Crippen molar-refractivity contribution in [1.82, 2.24) is 0 Å². The predicted octanol–water partition coefficient (Wildman–Crippen LogP) is 11.4. The number of carboxylic acid groups (broad SMARTS) is 2. The molecule has 0 bridgehead atoms. The molecular formula is C43H46F4O8. The second-order valence-corrected chi connectivity index (χ2v) is 12.2. The van der Waals surface area contributed by atoms with Crippen LogP contribution in [0.15, 0.2) is 109 Å². The van der Waals surface area contributed by atoms with Gasteiger partial charge in [0.15, 0.2) is 0 Å². The molecule has 2 N–H and O–H groups in total. The largest absolute Gasteiger partial charge is 0.494 e. The number of alkyl halides is 4. The van der Waals surface area contributed by atoms with Crippen molar-refractivity contribution in [1.29, 1.82) is 0 Å². The van der Waals surface area contributed by atoms with E-state index in [-0.39, 0.29) is 22.6 Å². The summed E-state index contributed by atoms with van der Waals surface area (Å²) in [5.74, 6) is -1.12. The number of rotatable bonds is 21. The number of unbranched alkanes of at least 4 members (excludes halogenated alkanes) is 5. The third-order valence-electron chi connectivity index (χ3n) is 7.75. The molecule has 0 aliphatic carbocycles. The van der Waals surface area contributed by atoms with Crippen LogP contribution in [0.4, 0.5) is 17.6 Å². The van der Waals surface area contributed by atoms with Crippen LogP contribution in [0.3, 0.4) is 0 Å². The first kappa shape index (κ1) is 43.6. The van der Waals surface area contributed by atoms with Crippen LogP contribution in [0.25, 0.3) is 12.2 Å². The lowest BCUT2D eigenvalue weighted by atomic mass is 10.2. The maximum Gasteiger partial charge on any atom is 0.426 e. The second kappa shape index (κ2) is 22.4. The van der Waals surface area contributed by atoms with Gasteiger partial charge in [0.1, 0.15) is 23.0 Å². The summed E-state index contributed by atoms with van der Waals surface area (Å²) in [5.41, 5.74) is 0.579. The van der Waals surface area contributed by atoms with Gasteiger partial charge in [0.25, 0.3) is 0 Å². The number of carboxylic acids is 2. The molecule has 0 saturated carbocycles. The van der Waals surface area contributed by atoms with Gasteiger partial charge in [-0.3, -0.25) is 0 Å². The van der Waals surface area contributed by atoms with E-state index in [4.69, 9.17) is 29.2 Å². The Labute approximate surface area is 318 Å². The molecule has 0 saturated heterocycles. The van der Waals surface area contributed by atoms with E-state index in [0.29, 0.717) is 35.8 Å². The van der Waals surface area contributed by atoms with Gasteiger partial charge in [0.05, 0.1) is 24.3 Å². The molecule has 0 aliphatic heterocycles. The van der Waals surface area contributed by atoms with Crippen LogP contribution < -0.4 is 18.9 Å². The Bertz CT molecular complexity index is 1790. The van der Waals surface area contributed by atoms with Crippen molar-refractivity contribution in [2.45, 2.75) is 71.0 Å². The SMILES string of the molecule is CCCCCCOc1ccc(C(F)(F)Oc2ccc(/C=C/C(=O)O)cc2)cc1.CCCCCOc1ccc(C(F)(F)Oc2ccc(/C=C/C(=O)O)cc2)cc1. The van der Waals surface area contributed by atoms with Gasteiger partial charge in [0.2, 0.25) is 0 Å². The minimum absolute atomic E-state index is 0.0197. The van der Waals surface area contributed by atoms with E-state index in [1.54, 1.807) is 0 Å². The molecule has 0 unspecified atom stereocenters. The number of hydrogen-bond donors (Lipinski definition) is 2. The summed E-state index contributed by atoms with van der Waals surface area (Å²) >= 11 is 0. The molecular weight excluding hydrogens is 720 g/mol. The van der Waals surface area contributed by atoms with Crippen LogP contribution in [0, 0.1) is 0 Å². The highest BCUT2D eigenvalue weighted by atomic mass is 19.3. The maximum absolute atomic E-state index is 14.4. The zero-order chi connectivity index (χ0) is 40.1. The van der Waals surface area contributed by atoms with Gasteiger partial charge in [-0.1, -0.05) is 70.2 Å². The van der Waals surface area contributed by atoms with E-state index in [1.807, 2.05) is 0 Å². The normalized spacial score (nSPS) is 11.5. The van der Waals surface area contributed by atoms with Gasteiger partial charge in [0, 0.05) is 12.2 Å². The molecule has 294 valence electrons. The first-order valence-electron chi connectivity index (χ1n) is 17.9. The lowest BCUT2D eigenvalue weighted by molar-refractivity contribution is -0.186. The fourth-order valence-corrected chi connectivity index (χ4v) is 4.79. The van der Waals surface area contributed by atoms with Crippen molar-refractivity contribution in [3.8, 4) is 23.0 Å². The average Bonchev–Trinajstić information content (AvgIpc) is 3.16. The molecule has 8 nitrogen and oxygen atoms in total. The molecule has 4 aromatic carbocycles. The first-order chi connectivity index (χ1) is 26.3. The van der Waals surface area contributed by atoms with Crippen molar-refractivity contribution >= 4 is 24.1 Å². The quantitative estimate of drug-likeness (QED) is 0.0490. The Morgan fingerprint density at radius 1 is 0.509 bits per heavy atom. The molecule has 0 aromatic heterocycles. The Morgan fingerprint density at radius 3 is 1.18 bits per heavy atom. The fraction of sp³-hybridized carbons (Fsp3) is 0.302. The van der Waals surface area contributed by atoms with Gasteiger partial charge in [-0.25, -0.2) is 9.59 Å². The Morgan fingerprint density at radius 2 is 0.836 bits per heavy atom. The topological polar surface area (TPSA) is 112 Å². The van der Waals surface area contributed by atoms with Crippen LogP contribution in [0.5, 0.6) is 23.0 Å². The summed E-state index contributed by atoms with van der Waals surface area (Å²) in [6.45, 7) is 5.35. The number of hydrogen-bond acceptors (Lipinski definition) is 6. The van der Waals surface area contributed by atoms with Gasteiger partial charge < -0.3 is 29.2 Å². The van der Waals surface area contributed by atoms with Crippen LogP contribution in [-0.2, 0) is 21.8 Å². The standard InChI is InChI=1S/C22H24F2O4.C21H22F2O4/c1-2-3-4-5-16-27-19-13-9-18(10-14-19)22(23,24)28-20-11-6-17(7-12-20)8-15-21(25)26;1-2-3-4-15-26-18-12-8-17(9-13-18)21(22,23)27-19-10-5-16(6-11-19)7-14-20(24)25/h6-15H,2-5,16H2,1H3,(H,25,26);5-14H,2-4,15H2,1H3,(H,24,25)/b15-8+;14-7+. The lowest BCUT2D eigenvalue weighted by Gasteiger charge is -2.18. The van der Waals surface area contributed by atoms with Crippen LogP contribution in [0.1, 0.15) is 81.0 Å². The monoisotopic (exact) mass is 766 g/mol. The number of carbonyl (C=O) groups is 2. The van der Waals surface area contributed by atoms with E-state index in [0.717, 1.165) is 57.1 Å². The minimum Gasteiger partial charge on any atom is -0.494 e. The lowest BCUT2D eigenvalue weighted by Crippen LogP contribution is -2.21. The summed E-state index contributed by atoms with van der Waals surface area (Å²) in [4.78, 5) is 21.0. The van der Waals surface area contributed by atoms with Gasteiger partial charge >= 0.3 is 24.2 Å². The van der Waals surface area contributed by atoms with E-state index >= 15 is 0 Å². The molecule has 55 heavy (non-hydrogen) atoms. The molecule has 0 amide bonds. The smallest absolute Gasteiger partial charge is 0.426 e. The van der Waals surface area contributed by atoms with E-state index < -0.39 is 24.2 Å². The highest BCUT2D eigenvalue weighted by Crippen LogP contribution is 2.34. The van der Waals surface area contributed by atoms with Gasteiger partial charge in [-0.15, -0.1) is 0 Å².